The Balaban J connectivity index is 2.66. The van der Waals surface area contributed by atoms with Crippen molar-refractivity contribution in [3.05, 3.63) is 16.1 Å². The Morgan fingerprint density at radius 1 is 1.42 bits per heavy atom. The van der Waals surface area contributed by atoms with Crippen molar-refractivity contribution in [1.82, 2.24) is 10.3 Å². The van der Waals surface area contributed by atoms with Crippen molar-refractivity contribution >= 4 is 23.2 Å². The van der Waals surface area contributed by atoms with Crippen LogP contribution in [0.15, 0.2) is 5.38 Å². The van der Waals surface area contributed by atoms with Gasteiger partial charge in [-0.15, -0.1) is 11.3 Å². The van der Waals surface area contributed by atoms with E-state index in [1.54, 1.807) is 12.3 Å². The lowest BCUT2D eigenvalue weighted by Gasteiger charge is -2.19. The van der Waals surface area contributed by atoms with E-state index in [4.69, 9.17) is 4.74 Å². The summed E-state index contributed by atoms with van der Waals surface area (Å²) in [6.45, 7) is 8.15. The van der Waals surface area contributed by atoms with Gasteiger partial charge in [-0.05, 0) is 19.8 Å². The summed E-state index contributed by atoms with van der Waals surface area (Å²) in [5.41, 5.74) is 0.267. The number of aromatic nitrogens is 1. The molecule has 1 N–H and O–H groups in total. The molecule has 5 nitrogen and oxygen atoms in total. The highest BCUT2D eigenvalue weighted by molar-refractivity contribution is 7.11. The third-order valence-electron chi connectivity index (χ3n) is 3.04. The molecule has 0 radical (unpaired) electrons. The maximum atomic E-state index is 12.0. The number of hydrogen-bond acceptors (Lipinski definition) is 5. The van der Waals surface area contributed by atoms with E-state index in [-0.39, 0.29) is 22.7 Å². The largest absolute Gasteiger partial charge is 0.461 e. The molecule has 0 spiro atoms. The minimum atomic E-state index is -0.485. The van der Waals surface area contributed by atoms with E-state index in [0.717, 1.165) is 17.8 Å². The molecule has 1 amide bonds. The molecule has 1 aromatic rings. The van der Waals surface area contributed by atoms with Crippen molar-refractivity contribution in [2.75, 3.05) is 6.61 Å². The zero-order valence-corrected chi connectivity index (χ0v) is 12.5. The number of hydrogen-bond donors (Lipinski definition) is 1. The summed E-state index contributed by atoms with van der Waals surface area (Å²) in [6.07, 6.45) is 0.993. The van der Waals surface area contributed by atoms with Crippen LogP contribution in [0, 0.1) is 5.92 Å². The molecule has 2 atom stereocenters. The summed E-state index contributed by atoms with van der Waals surface area (Å²) in [5, 5.41) is 4.67. The van der Waals surface area contributed by atoms with Gasteiger partial charge in [0.25, 0.3) is 5.91 Å². The standard InChI is InChI=1S/C13H20N2O3S/c1-5-8(3)9(4)14-11(16)10-7-19-12(15-10)13(17)18-6-2/h7-9H,5-6H2,1-4H3,(H,14,16). The Bertz CT molecular complexity index is 445. The van der Waals surface area contributed by atoms with Crippen molar-refractivity contribution in [2.45, 2.75) is 40.2 Å². The number of nitrogens with one attached hydrogen (secondary N) is 1. The first-order valence-electron chi connectivity index (χ1n) is 6.43. The first-order chi connectivity index (χ1) is 8.99. The number of esters is 1. The quantitative estimate of drug-likeness (QED) is 0.815. The van der Waals surface area contributed by atoms with Gasteiger partial charge in [-0.2, -0.15) is 0 Å². The SMILES string of the molecule is CCOC(=O)c1nc(C(=O)NC(C)C(C)CC)cs1. The van der Waals surface area contributed by atoms with Gasteiger partial charge in [0.15, 0.2) is 0 Å². The van der Waals surface area contributed by atoms with Crippen LogP contribution in [-0.4, -0.2) is 29.5 Å². The first-order valence-corrected chi connectivity index (χ1v) is 7.31. The molecule has 2 unspecified atom stereocenters. The zero-order valence-electron chi connectivity index (χ0n) is 11.7. The first kappa shape index (κ1) is 15.6. The molecule has 19 heavy (non-hydrogen) atoms. The van der Waals surface area contributed by atoms with E-state index < -0.39 is 5.97 Å². The molecular weight excluding hydrogens is 264 g/mol. The summed E-state index contributed by atoms with van der Waals surface area (Å²) in [7, 11) is 0. The molecule has 0 fully saturated rings. The number of rotatable bonds is 6. The molecule has 0 aliphatic carbocycles. The molecular formula is C13H20N2O3S. The highest BCUT2D eigenvalue weighted by atomic mass is 32.1. The molecule has 0 aliphatic rings. The van der Waals surface area contributed by atoms with Crippen LogP contribution in [0.2, 0.25) is 0 Å². The lowest BCUT2D eigenvalue weighted by molar-refractivity contribution is 0.0526. The second-order valence-electron chi connectivity index (χ2n) is 4.41. The van der Waals surface area contributed by atoms with Gasteiger partial charge in [0.05, 0.1) is 6.61 Å². The average Bonchev–Trinajstić information content (AvgIpc) is 2.87. The Morgan fingerprint density at radius 3 is 2.68 bits per heavy atom. The van der Waals surface area contributed by atoms with E-state index >= 15 is 0 Å². The summed E-state index contributed by atoms with van der Waals surface area (Å²) >= 11 is 1.12. The van der Waals surface area contributed by atoms with Gasteiger partial charge in [-0.25, -0.2) is 9.78 Å². The van der Waals surface area contributed by atoms with Crippen LogP contribution in [0.1, 0.15) is 54.4 Å². The number of carbonyl (C=O) groups excluding carboxylic acids is 2. The second kappa shape index (κ2) is 7.23. The minimum Gasteiger partial charge on any atom is -0.461 e. The van der Waals surface area contributed by atoms with E-state index in [9.17, 15) is 9.59 Å². The van der Waals surface area contributed by atoms with Gasteiger partial charge in [0.1, 0.15) is 5.69 Å². The Kier molecular flexibility index (Phi) is 5.95. The molecule has 6 heteroatoms. The summed E-state index contributed by atoms with van der Waals surface area (Å²) in [4.78, 5) is 27.4. The van der Waals surface area contributed by atoms with Gasteiger partial charge in [0, 0.05) is 11.4 Å². The van der Waals surface area contributed by atoms with Gasteiger partial charge < -0.3 is 10.1 Å². The van der Waals surface area contributed by atoms with Crippen molar-refractivity contribution in [3.8, 4) is 0 Å². The Labute approximate surface area is 117 Å². The Morgan fingerprint density at radius 2 is 2.11 bits per heavy atom. The van der Waals surface area contributed by atoms with Gasteiger partial charge >= 0.3 is 5.97 Å². The second-order valence-corrected chi connectivity index (χ2v) is 5.26. The van der Waals surface area contributed by atoms with E-state index in [2.05, 4.69) is 24.1 Å². The highest BCUT2D eigenvalue weighted by Gasteiger charge is 2.19. The summed E-state index contributed by atoms with van der Waals surface area (Å²) in [6, 6.07) is 0.0743. The lowest BCUT2D eigenvalue weighted by Crippen LogP contribution is -2.37. The molecule has 0 aliphatic heterocycles. The molecule has 0 bridgehead atoms. The zero-order chi connectivity index (χ0) is 14.4. The van der Waals surface area contributed by atoms with Crippen molar-refractivity contribution in [3.63, 3.8) is 0 Å². The Hall–Kier alpha value is -1.43. The minimum absolute atomic E-state index is 0.0743. The van der Waals surface area contributed by atoms with Crippen LogP contribution in [0.25, 0.3) is 0 Å². The third kappa shape index (κ3) is 4.31. The number of carbonyl (C=O) groups is 2. The van der Waals surface area contributed by atoms with Gasteiger partial charge in [-0.3, -0.25) is 4.79 Å². The van der Waals surface area contributed by atoms with Gasteiger partial charge in [0.2, 0.25) is 5.01 Å². The number of amides is 1. The van der Waals surface area contributed by atoms with Crippen molar-refractivity contribution in [1.29, 1.82) is 0 Å². The average molecular weight is 284 g/mol. The molecule has 0 aromatic carbocycles. The fourth-order valence-electron chi connectivity index (χ4n) is 1.44. The summed E-state index contributed by atoms with van der Waals surface area (Å²) < 4.78 is 4.83. The number of nitrogens with zero attached hydrogens (tertiary/aromatic N) is 1. The summed E-state index contributed by atoms with van der Waals surface area (Å²) in [5.74, 6) is -0.340. The van der Waals surface area contributed by atoms with E-state index in [0.29, 0.717) is 12.5 Å². The highest BCUT2D eigenvalue weighted by Crippen LogP contribution is 2.12. The van der Waals surface area contributed by atoms with Crippen molar-refractivity contribution < 1.29 is 14.3 Å². The smallest absolute Gasteiger partial charge is 0.367 e. The topological polar surface area (TPSA) is 68.3 Å². The third-order valence-corrected chi connectivity index (χ3v) is 3.87. The molecule has 1 heterocycles. The molecule has 0 saturated carbocycles. The van der Waals surface area contributed by atoms with Crippen LogP contribution in [0.4, 0.5) is 0 Å². The van der Waals surface area contributed by atoms with E-state index in [1.807, 2.05) is 6.92 Å². The molecule has 1 rings (SSSR count). The fourth-order valence-corrected chi connectivity index (χ4v) is 2.13. The van der Waals surface area contributed by atoms with Crippen LogP contribution in [0.5, 0.6) is 0 Å². The maximum Gasteiger partial charge on any atom is 0.367 e. The maximum absolute atomic E-state index is 12.0. The monoisotopic (exact) mass is 284 g/mol. The van der Waals surface area contributed by atoms with E-state index in [1.165, 1.54) is 0 Å². The fraction of sp³-hybridized carbons (Fsp3) is 0.615. The van der Waals surface area contributed by atoms with Crippen LogP contribution < -0.4 is 5.32 Å². The predicted octanol–water partition coefficient (Wildman–Crippen LogP) is 2.48. The van der Waals surface area contributed by atoms with Crippen LogP contribution in [-0.2, 0) is 4.74 Å². The number of ether oxygens (including phenoxy) is 1. The molecule has 1 aromatic heterocycles. The van der Waals surface area contributed by atoms with Gasteiger partial charge in [-0.1, -0.05) is 20.3 Å². The molecule has 106 valence electrons. The number of thiazole rings is 1. The van der Waals surface area contributed by atoms with Crippen LogP contribution in [0.3, 0.4) is 0 Å². The van der Waals surface area contributed by atoms with Crippen molar-refractivity contribution in [2.24, 2.45) is 5.92 Å². The normalized spacial score (nSPS) is 13.7. The van der Waals surface area contributed by atoms with Crippen LogP contribution >= 0.6 is 11.3 Å². The lowest BCUT2D eigenvalue weighted by atomic mass is 10.0. The molecule has 0 saturated heterocycles. The predicted molar refractivity (Wildman–Crippen MR) is 74.5 cm³/mol.